The SMILES string of the molecule is CCI.c1ccc(C[n+]2ccccc2)cc1. The van der Waals surface area contributed by atoms with Crippen LogP contribution >= 0.6 is 22.6 Å². The first-order chi connectivity index (χ1) is 7.86. The van der Waals surface area contributed by atoms with Crippen molar-refractivity contribution < 1.29 is 4.57 Å². The van der Waals surface area contributed by atoms with Crippen molar-refractivity contribution in [3.05, 3.63) is 66.5 Å². The minimum atomic E-state index is 0.946. The monoisotopic (exact) mass is 326 g/mol. The number of aromatic nitrogens is 1. The standard InChI is InChI=1S/C12H12N.C2H5I/c1-3-7-12(8-4-1)11-13-9-5-2-6-10-13;1-2-3/h1-10H,11H2;2H2,1H3/q+1;. The van der Waals surface area contributed by atoms with Gasteiger partial charge in [-0.05, 0) is 4.43 Å². The first-order valence-corrected chi connectivity index (χ1v) is 6.93. The number of hydrogen-bond acceptors (Lipinski definition) is 0. The maximum absolute atomic E-state index is 2.29. The van der Waals surface area contributed by atoms with Crippen LogP contribution in [0, 0.1) is 0 Å². The van der Waals surface area contributed by atoms with Crippen LogP contribution in [0.5, 0.6) is 0 Å². The second-order valence-electron chi connectivity index (χ2n) is 3.30. The number of pyridine rings is 1. The predicted octanol–water partition coefficient (Wildman–Crippen LogP) is 3.46. The Hall–Kier alpha value is -0.900. The van der Waals surface area contributed by atoms with E-state index in [0.717, 1.165) is 6.54 Å². The number of alkyl halides is 1. The largest absolute Gasteiger partial charge is 0.201 e. The summed E-state index contributed by atoms with van der Waals surface area (Å²) >= 11 is 2.29. The molecule has 1 aromatic heterocycles. The van der Waals surface area contributed by atoms with E-state index >= 15 is 0 Å². The molecule has 0 aliphatic carbocycles. The molecule has 0 saturated carbocycles. The third-order valence-corrected chi connectivity index (χ3v) is 1.99. The Morgan fingerprint density at radius 2 is 1.44 bits per heavy atom. The number of hydrogen-bond donors (Lipinski definition) is 0. The van der Waals surface area contributed by atoms with Crippen LogP contribution in [0.15, 0.2) is 60.9 Å². The highest BCUT2D eigenvalue weighted by Gasteiger charge is 1.98. The van der Waals surface area contributed by atoms with Gasteiger partial charge in [-0.25, -0.2) is 4.57 Å². The van der Waals surface area contributed by atoms with Crippen molar-refractivity contribution in [3.63, 3.8) is 0 Å². The summed E-state index contributed by atoms with van der Waals surface area (Å²) in [5.74, 6) is 0. The Kier molecular flexibility index (Phi) is 6.81. The molecule has 0 aliphatic heterocycles. The summed E-state index contributed by atoms with van der Waals surface area (Å²) in [5.41, 5.74) is 1.33. The Morgan fingerprint density at radius 1 is 0.938 bits per heavy atom. The van der Waals surface area contributed by atoms with Crippen LogP contribution in [0.4, 0.5) is 0 Å². The summed E-state index contributed by atoms with van der Waals surface area (Å²) in [4.78, 5) is 0. The molecule has 0 aliphatic rings. The Bertz CT molecular complexity index is 335. The lowest BCUT2D eigenvalue weighted by Gasteiger charge is -1.95. The molecule has 0 spiro atoms. The maximum atomic E-state index is 2.29. The Balaban J connectivity index is 0.000000386. The normalized spacial score (nSPS) is 9.12. The molecule has 1 aromatic carbocycles. The molecule has 0 amide bonds. The van der Waals surface area contributed by atoms with Crippen molar-refractivity contribution in [2.75, 3.05) is 4.43 Å². The molecule has 0 N–H and O–H groups in total. The third-order valence-electron chi connectivity index (χ3n) is 1.99. The van der Waals surface area contributed by atoms with E-state index < -0.39 is 0 Å². The van der Waals surface area contributed by atoms with Gasteiger partial charge < -0.3 is 0 Å². The number of halogens is 1. The van der Waals surface area contributed by atoms with Gasteiger partial charge in [0.25, 0.3) is 0 Å². The summed E-state index contributed by atoms with van der Waals surface area (Å²) < 4.78 is 3.38. The summed E-state index contributed by atoms with van der Waals surface area (Å²) in [6.45, 7) is 3.06. The van der Waals surface area contributed by atoms with E-state index in [1.165, 1.54) is 9.99 Å². The van der Waals surface area contributed by atoms with E-state index in [0.29, 0.717) is 0 Å². The van der Waals surface area contributed by atoms with Gasteiger partial charge in [-0.1, -0.05) is 65.9 Å². The lowest BCUT2D eigenvalue weighted by Crippen LogP contribution is -2.32. The van der Waals surface area contributed by atoms with Crippen molar-refractivity contribution in [1.82, 2.24) is 0 Å². The first-order valence-electron chi connectivity index (χ1n) is 5.40. The number of benzene rings is 1. The molecular weight excluding hydrogens is 309 g/mol. The van der Waals surface area contributed by atoms with Crippen LogP contribution in [0.3, 0.4) is 0 Å². The second-order valence-corrected chi connectivity index (χ2v) is 4.83. The van der Waals surface area contributed by atoms with Crippen LogP contribution in [-0.2, 0) is 6.54 Å². The van der Waals surface area contributed by atoms with Crippen LogP contribution in [0.1, 0.15) is 12.5 Å². The van der Waals surface area contributed by atoms with Crippen LogP contribution in [0.25, 0.3) is 0 Å². The van der Waals surface area contributed by atoms with Gasteiger partial charge in [-0.3, -0.25) is 0 Å². The van der Waals surface area contributed by atoms with Gasteiger partial charge in [-0.2, -0.15) is 0 Å². The van der Waals surface area contributed by atoms with Crippen molar-refractivity contribution in [3.8, 4) is 0 Å². The molecule has 16 heavy (non-hydrogen) atoms. The average molecular weight is 326 g/mol. The Morgan fingerprint density at radius 3 is 2.00 bits per heavy atom. The van der Waals surface area contributed by atoms with Gasteiger partial charge in [0.05, 0.1) is 0 Å². The minimum Gasteiger partial charge on any atom is -0.201 e. The fraction of sp³-hybridized carbons (Fsp3) is 0.214. The number of rotatable bonds is 2. The maximum Gasteiger partial charge on any atom is 0.173 e. The summed E-state index contributed by atoms with van der Waals surface area (Å²) in [5, 5.41) is 0. The zero-order valence-corrected chi connectivity index (χ0v) is 11.7. The van der Waals surface area contributed by atoms with E-state index in [1.807, 2.05) is 24.3 Å². The molecule has 84 valence electrons. The highest BCUT2D eigenvalue weighted by Crippen LogP contribution is 1.96. The average Bonchev–Trinajstić information content (AvgIpc) is 2.33. The fourth-order valence-electron chi connectivity index (χ4n) is 1.33. The predicted molar refractivity (Wildman–Crippen MR) is 76.7 cm³/mol. The molecule has 2 aromatic rings. The lowest BCUT2D eigenvalue weighted by atomic mass is 10.2. The molecule has 1 nitrogen and oxygen atoms in total. The summed E-state index contributed by atoms with van der Waals surface area (Å²) in [6, 6.07) is 16.6. The van der Waals surface area contributed by atoms with E-state index in [1.54, 1.807) is 0 Å². The first kappa shape index (κ1) is 13.2. The van der Waals surface area contributed by atoms with Gasteiger partial charge in [0.15, 0.2) is 18.9 Å². The van der Waals surface area contributed by atoms with E-state index in [2.05, 4.69) is 70.7 Å². The zero-order chi connectivity index (χ0) is 11.6. The molecular formula is C14H17IN+. The molecule has 0 fully saturated rings. The zero-order valence-electron chi connectivity index (χ0n) is 9.51. The van der Waals surface area contributed by atoms with E-state index in [-0.39, 0.29) is 0 Å². The van der Waals surface area contributed by atoms with Crippen LogP contribution in [0.2, 0.25) is 0 Å². The molecule has 0 unspecified atom stereocenters. The molecule has 0 bridgehead atoms. The van der Waals surface area contributed by atoms with Crippen molar-refractivity contribution in [2.24, 2.45) is 0 Å². The molecule has 0 radical (unpaired) electrons. The highest BCUT2D eigenvalue weighted by molar-refractivity contribution is 14.1. The second kappa shape index (κ2) is 8.28. The van der Waals surface area contributed by atoms with Crippen molar-refractivity contribution in [2.45, 2.75) is 13.5 Å². The summed E-state index contributed by atoms with van der Waals surface area (Å²) in [6.07, 6.45) is 4.15. The highest BCUT2D eigenvalue weighted by atomic mass is 127. The van der Waals surface area contributed by atoms with Crippen molar-refractivity contribution >= 4 is 22.6 Å². The smallest absolute Gasteiger partial charge is 0.173 e. The van der Waals surface area contributed by atoms with Crippen molar-refractivity contribution in [1.29, 1.82) is 0 Å². The molecule has 2 rings (SSSR count). The van der Waals surface area contributed by atoms with E-state index in [9.17, 15) is 0 Å². The quantitative estimate of drug-likeness (QED) is 0.452. The van der Waals surface area contributed by atoms with Gasteiger partial charge >= 0.3 is 0 Å². The lowest BCUT2D eigenvalue weighted by molar-refractivity contribution is -0.688. The van der Waals surface area contributed by atoms with Gasteiger partial charge in [0, 0.05) is 17.7 Å². The van der Waals surface area contributed by atoms with Crippen LogP contribution in [-0.4, -0.2) is 4.43 Å². The summed E-state index contributed by atoms with van der Waals surface area (Å²) in [7, 11) is 0. The minimum absolute atomic E-state index is 0.946. The molecule has 0 atom stereocenters. The molecule has 2 heteroatoms. The number of nitrogens with zero attached hydrogens (tertiary/aromatic N) is 1. The third kappa shape index (κ3) is 5.26. The fourth-order valence-corrected chi connectivity index (χ4v) is 1.33. The van der Waals surface area contributed by atoms with Gasteiger partial charge in [-0.15, -0.1) is 0 Å². The topological polar surface area (TPSA) is 3.88 Å². The van der Waals surface area contributed by atoms with E-state index in [4.69, 9.17) is 0 Å². The molecule has 0 saturated heterocycles. The van der Waals surface area contributed by atoms with Crippen LogP contribution < -0.4 is 4.57 Å². The Labute approximate surface area is 111 Å². The molecule has 1 heterocycles. The van der Waals surface area contributed by atoms with Gasteiger partial charge in [0.2, 0.25) is 0 Å². The van der Waals surface area contributed by atoms with Gasteiger partial charge in [0.1, 0.15) is 0 Å².